The highest BCUT2D eigenvalue weighted by atomic mass is 19.1. The Kier molecular flexibility index (Phi) is 4.89. The van der Waals surface area contributed by atoms with Gasteiger partial charge in [-0.1, -0.05) is 6.92 Å². The largest absolute Gasteiger partial charge is 0.376 e. The van der Waals surface area contributed by atoms with Crippen LogP contribution >= 0.6 is 0 Å². The van der Waals surface area contributed by atoms with Crippen molar-refractivity contribution in [1.29, 1.82) is 0 Å². The molecule has 4 rings (SSSR count). The van der Waals surface area contributed by atoms with E-state index in [9.17, 15) is 9.18 Å². The molecule has 140 valence electrons. The van der Waals surface area contributed by atoms with Gasteiger partial charge in [-0.15, -0.1) is 0 Å². The van der Waals surface area contributed by atoms with E-state index in [1.165, 1.54) is 12.1 Å². The monoisotopic (exact) mass is 360 g/mol. The number of nitrogens with one attached hydrogen (secondary N) is 1. The van der Waals surface area contributed by atoms with E-state index in [0.717, 1.165) is 45.1 Å². The predicted octanol–water partition coefficient (Wildman–Crippen LogP) is 3.30. The Morgan fingerprint density at radius 2 is 2.08 bits per heavy atom. The Morgan fingerprint density at radius 3 is 2.81 bits per heavy atom. The fourth-order valence-corrected chi connectivity index (χ4v) is 4.19. The first kappa shape index (κ1) is 17.4. The van der Waals surface area contributed by atoms with Crippen molar-refractivity contribution in [3.63, 3.8) is 0 Å². The van der Waals surface area contributed by atoms with Crippen LogP contribution in [0.4, 0.5) is 4.39 Å². The fraction of sp³-hybridized carbons (Fsp3) is 0.632. The number of amides is 1. The zero-order chi connectivity index (χ0) is 18.1. The highest BCUT2D eigenvalue weighted by Crippen LogP contribution is 2.30. The number of ether oxygens (including phenoxy) is 1. The molecule has 7 heteroatoms. The summed E-state index contributed by atoms with van der Waals surface area (Å²) in [5.74, 6) is 0.0601. The number of hydrogen-bond donors (Lipinski definition) is 1. The molecule has 2 fully saturated rings. The van der Waals surface area contributed by atoms with Crippen LogP contribution in [0, 0.1) is 11.7 Å². The molecule has 6 nitrogen and oxygen atoms in total. The third-order valence-electron chi connectivity index (χ3n) is 5.73. The SMILES string of the molecule is CC1CCC(N(CC2CCCO2)C(=O)c2cc(F)cc3n[nH]nc23)CC1. The second kappa shape index (κ2) is 7.31. The number of carbonyl (C=O) groups excluding carboxylic acids is 1. The molecule has 0 radical (unpaired) electrons. The van der Waals surface area contributed by atoms with Gasteiger partial charge in [-0.05, 0) is 50.5 Å². The molecular weight excluding hydrogens is 335 g/mol. The number of benzene rings is 1. The first-order valence-electron chi connectivity index (χ1n) is 9.54. The van der Waals surface area contributed by atoms with Gasteiger partial charge in [0.2, 0.25) is 0 Å². The van der Waals surface area contributed by atoms with Gasteiger partial charge in [-0.3, -0.25) is 4.79 Å². The van der Waals surface area contributed by atoms with Gasteiger partial charge in [-0.2, -0.15) is 15.4 Å². The van der Waals surface area contributed by atoms with Crippen molar-refractivity contribution in [3.8, 4) is 0 Å². The Hall–Kier alpha value is -2.02. The van der Waals surface area contributed by atoms with Crippen LogP contribution in [0.5, 0.6) is 0 Å². The average molecular weight is 360 g/mol. The van der Waals surface area contributed by atoms with Crippen LogP contribution in [0.25, 0.3) is 11.0 Å². The van der Waals surface area contributed by atoms with Crippen molar-refractivity contribution in [2.24, 2.45) is 5.92 Å². The lowest BCUT2D eigenvalue weighted by Gasteiger charge is -2.37. The van der Waals surface area contributed by atoms with Gasteiger partial charge in [0.25, 0.3) is 5.91 Å². The number of hydrogen-bond acceptors (Lipinski definition) is 4. The van der Waals surface area contributed by atoms with Crippen molar-refractivity contribution in [1.82, 2.24) is 20.3 Å². The van der Waals surface area contributed by atoms with E-state index in [-0.39, 0.29) is 23.6 Å². The summed E-state index contributed by atoms with van der Waals surface area (Å²) in [6, 6.07) is 2.75. The van der Waals surface area contributed by atoms with Crippen LogP contribution in [0.1, 0.15) is 55.8 Å². The quantitative estimate of drug-likeness (QED) is 0.908. The maximum absolute atomic E-state index is 14.0. The number of halogens is 1. The molecule has 1 atom stereocenters. The summed E-state index contributed by atoms with van der Waals surface area (Å²) in [5, 5.41) is 10.5. The molecule has 0 bridgehead atoms. The topological polar surface area (TPSA) is 71.1 Å². The summed E-state index contributed by atoms with van der Waals surface area (Å²) in [7, 11) is 0. The molecule has 1 saturated carbocycles. The minimum absolute atomic E-state index is 0.0691. The zero-order valence-electron chi connectivity index (χ0n) is 15.1. The molecule has 0 spiro atoms. The Labute approximate surface area is 152 Å². The van der Waals surface area contributed by atoms with Gasteiger partial charge in [0.05, 0.1) is 11.7 Å². The summed E-state index contributed by atoms with van der Waals surface area (Å²) in [4.78, 5) is 15.3. The van der Waals surface area contributed by atoms with Crippen LogP contribution < -0.4 is 0 Å². The zero-order valence-corrected chi connectivity index (χ0v) is 15.1. The Bertz CT molecular complexity index is 779. The van der Waals surface area contributed by atoms with Gasteiger partial charge in [-0.25, -0.2) is 4.39 Å². The molecular formula is C19H25FN4O2. The van der Waals surface area contributed by atoms with E-state index >= 15 is 0 Å². The van der Waals surface area contributed by atoms with E-state index < -0.39 is 5.82 Å². The molecule has 1 N–H and O–H groups in total. The van der Waals surface area contributed by atoms with E-state index in [1.54, 1.807) is 0 Å². The third-order valence-corrected chi connectivity index (χ3v) is 5.73. The Balaban J connectivity index is 1.65. The van der Waals surface area contributed by atoms with Crippen LogP contribution in [0.3, 0.4) is 0 Å². The number of aromatic nitrogens is 3. The first-order chi connectivity index (χ1) is 12.6. The molecule has 1 aromatic carbocycles. The molecule has 2 aromatic rings. The summed E-state index contributed by atoms with van der Waals surface area (Å²) >= 11 is 0. The Morgan fingerprint density at radius 1 is 1.27 bits per heavy atom. The summed E-state index contributed by atoms with van der Waals surface area (Å²) in [5.41, 5.74) is 1.09. The summed E-state index contributed by atoms with van der Waals surface area (Å²) in [6.07, 6.45) is 6.26. The van der Waals surface area contributed by atoms with Crippen molar-refractivity contribution in [2.75, 3.05) is 13.2 Å². The van der Waals surface area contributed by atoms with E-state index in [2.05, 4.69) is 22.3 Å². The molecule has 1 saturated heterocycles. The van der Waals surface area contributed by atoms with Crippen LogP contribution in [-0.4, -0.2) is 51.5 Å². The van der Waals surface area contributed by atoms with Gasteiger partial charge in [0.1, 0.15) is 16.9 Å². The number of carbonyl (C=O) groups is 1. The van der Waals surface area contributed by atoms with Crippen molar-refractivity contribution in [3.05, 3.63) is 23.5 Å². The summed E-state index contributed by atoms with van der Waals surface area (Å²) < 4.78 is 19.8. The number of fused-ring (bicyclic) bond motifs is 1. The second-order valence-corrected chi connectivity index (χ2v) is 7.65. The van der Waals surface area contributed by atoms with Crippen LogP contribution in [-0.2, 0) is 4.74 Å². The molecule has 1 aliphatic carbocycles. The first-order valence-corrected chi connectivity index (χ1v) is 9.54. The second-order valence-electron chi connectivity index (χ2n) is 7.65. The van der Waals surface area contributed by atoms with E-state index in [4.69, 9.17) is 4.74 Å². The van der Waals surface area contributed by atoms with E-state index in [1.807, 2.05) is 4.90 Å². The lowest BCUT2D eigenvalue weighted by molar-refractivity contribution is 0.0342. The molecule has 1 aromatic heterocycles. The van der Waals surface area contributed by atoms with Gasteiger partial charge in [0.15, 0.2) is 0 Å². The number of H-pyrrole nitrogens is 1. The maximum Gasteiger partial charge on any atom is 0.256 e. The number of rotatable bonds is 4. The molecule has 2 heterocycles. The minimum atomic E-state index is -0.468. The van der Waals surface area contributed by atoms with Crippen molar-refractivity contribution >= 4 is 16.9 Å². The fourth-order valence-electron chi connectivity index (χ4n) is 4.19. The predicted molar refractivity (Wildman–Crippen MR) is 95.3 cm³/mol. The summed E-state index contributed by atoms with van der Waals surface area (Å²) in [6.45, 7) is 3.57. The molecule has 2 aliphatic rings. The average Bonchev–Trinajstić information content (AvgIpc) is 3.30. The molecule has 1 unspecified atom stereocenters. The normalized spacial score (nSPS) is 26.3. The lowest BCUT2D eigenvalue weighted by atomic mass is 9.86. The number of aromatic amines is 1. The molecule has 1 aliphatic heterocycles. The number of nitrogens with zero attached hydrogens (tertiary/aromatic N) is 3. The highest BCUT2D eigenvalue weighted by molar-refractivity contribution is 6.04. The van der Waals surface area contributed by atoms with E-state index in [0.29, 0.717) is 23.5 Å². The van der Waals surface area contributed by atoms with Crippen molar-refractivity contribution in [2.45, 2.75) is 57.6 Å². The smallest absolute Gasteiger partial charge is 0.256 e. The van der Waals surface area contributed by atoms with Gasteiger partial charge < -0.3 is 9.64 Å². The van der Waals surface area contributed by atoms with Crippen molar-refractivity contribution < 1.29 is 13.9 Å². The highest BCUT2D eigenvalue weighted by Gasteiger charge is 2.32. The molecule has 1 amide bonds. The standard InChI is InChI=1S/C19H25FN4O2/c1-12-4-6-14(7-5-12)24(11-15-3-2-8-26-15)19(25)16-9-13(20)10-17-18(16)22-23-21-17/h9-10,12,14-15H,2-8,11H2,1H3,(H,21,22,23). The molecule has 26 heavy (non-hydrogen) atoms. The van der Waals surface area contributed by atoms with Crippen LogP contribution in [0.2, 0.25) is 0 Å². The van der Waals surface area contributed by atoms with Gasteiger partial charge in [0, 0.05) is 25.3 Å². The minimum Gasteiger partial charge on any atom is -0.376 e. The third kappa shape index (κ3) is 3.45. The lowest BCUT2D eigenvalue weighted by Crippen LogP contribution is -2.46. The van der Waals surface area contributed by atoms with Gasteiger partial charge >= 0.3 is 0 Å². The maximum atomic E-state index is 14.0. The van der Waals surface area contributed by atoms with Crippen LogP contribution in [0.15, 0.2) is 12.1 Å².